The van der Waals surface area contributed by atoms with Gasteiger partial charge in [-0.25, -0.2) is 9.59 Å². The Morgan fingerprint density at radius 2 is 2.00 bits per heavy atom. The van der Waals surface area contributed by atoms with Gasteiger partial charge < -0.3 is 9.84 Å². The van der Waals surface area contributed by atoms with Gasteiger partial charge in [-0.3, -0.25) is 4.90 Å². The van der Waals surface area contributed by atoms with E-state index in [1.54, 1.807) is 27.7 Å². The summed E-state index contributed by atoms with van der Waals surface area (Å²) in [6.45, 7) is 6.95. The average molecular weight is 241 g/mol. The Morgan fingerprint density at radius 1 is 1.41 bits per heavy atom. The maximum atomic E-state index is 12.1. The number of likely N-dealkylation sites (tertiary alicyclic amines) is 1. The minimum atomic E-state index is -1.10. The molecule has 3 atom stereocenters. The summed E-state index contributed by atoms with van der Waals surface area (Å²) in [4.78, 5) is 24.8. The van der Waals surface area contributed by atoms with E-state index in [1.165, 1.54) is 4.90 Å². The molecule has 2 rings (SSSR count). The Hall–Kier alpha value is -1.26. The molecule has 1 amide bonds. The van der Waals surface area contributed by atoms with Crippen molar-refractivity contribution in [2.24, 2.45) is 5.92 Å². The molecule has 1 aliphatic heterocycles. The van der Waals surface area contributed by atoms with Crippen molar-refractivity contribution in [2.45, 2.75) is 57.7 Å². The topological polar surface area (TPSA) is 66.8 Å². The van der Waals surface area contributed by atoms with Gasteiger partial charge in [-0.05, 0) is 46.5 Å². The highest BCUT2D eigenvalue weighted by molar-refractivity contribution is 5.85. The molecule has 0 aromatic carbocycles. The second kappa shape index (κ2) is 3.37. The number of rotatable bonds is 1. The summed E-state index contributed by atoms with van der Waals surface area (Å²) in [7, 11) is 0. The molecule has 0 aromatic rings. The van der Waals surface area contributed by atoms with E-state index in [-0.39, 0.29) is 6.04 Å². The van der Waals surface area contributed by atoms with Crippen LogP contribution in [-0.2, 0) is 9.53 Å². The average Bonchev–Trinajstić information content (AvgIpc) is 2.74. The maximum Gasteiger partial charge on any atom is 0.411 e. The third-order valence-corrected chi connectivity index (χ3v) is 3.46. The zero-order valence-corrected chi connectivity index (χ0v) is 10.7. The Labute approximate surface area is 101 Å². The lowest BCUT2D eigenvalue weighted by atomic mass is 9.97. The van der Waals surface area contributed by atoms with Crippen LogP contribution in [0.1, 0.15) is 40.5 Å². The maximum absolute atomic E-state index is 12.1. The first-order chi connectivity index (χ1) is 7.65. The third-order valence-electron chi connectivity index (χ3n) is 3.46. The summed E-state index contributed by atoms with van der Waals surface area (Å²) < 4.78 is 5.29. The number of hydrogen-bond acceptors (Lipinski definition) is 3. The summed E-state index contributed by atoms with van der Waals surface area (Å²) >= 11 is 0. The summed E-state index contributed by atoms with van der Waals surface area (Å²) in [5.41, 5.74) is -1.70. The molecule has 1 aliphatic carbocycles. The number of carboxylic acid groups (broad SMARTS) is 1. The summed E-state index contributed by atoms with van der Waals surface area (Å²) in [6, 6.07) is 0.0611. The van der Waals surface area contributed by atoms with Crippen molar-refractivity contribution in [3.8, 4) is 0 Å². The van der Waals surface area contributed by atoms with Gasteiger partial charge in [0.15, 0.2) is 0 Å². The van der Waals surface area contributed by atoms with Gasteiger partial charge in [0.05, 0.1) is 0 Å². The SMILES string of the molecule is CC(C)(C)OC(=O)N1[C@H]2C[C@H]2CC1(C)C(=O)O. The number of nitrogens with zero attached hydrogens (tertiary/aromatic N) is 1. The molecule has 1 unspecified atom stereocenters. The van der Waals surface area contributed by atoms with Gasteiger partial charge in [-0.1, -0.05) is 0 Å². The minimum absolute atomic E-state index is 0.0611. The van der Waals surface area contributed by atoms with Crippen molar-refractivity contribution in [1.82, 2.24) is 4.90 Å². The number of fused-ring (bicyclic) bond motifs is 1. The highest BCUT2D eigenvalue weighted by Crippen LogP contribution is 2.53. The van der Waals surface area contributed by atoms with E-state index in [1.807, 2.05) is 0 Å². The molecule has 96 valence electrons. The van der Waals surface area contributed by atoms with E-state index in [0.29, 0.717) is 12.3 Å². The van der Waals surface area contributed by atoms with E-state index >= 15 is 0 Å². The van der Waals surface area contributed by atoms with E-state index in [2.05, 4.69) is 0 Å². The second-order valence-electron chi connectivity index (χ2n) is 6.20. The van der Waals surface area contributed by atoms with Gasteiger partial charge in [0.1, 0.15) is 11.1 Å². The zero-order chi connectivity index (χ0) is 13.0. The number of amides is 1. The predicted octanol–water partition coefficient (Wildman–Crippen LogP) is 1.86. The standard InChI is InChI=1S/C12H19NO4/c1-11(2,3)17-10(16)13-8-5-7(8)6-12(13,4)9(14)15/h7-8H,5-6H2,1-4H3,(H,14,15)/t7-,8-,12?/m0/s1. The van der Waals surface area contributed by atoms with Gasteiger partial charge in [-0.2, -0.15) is 0 Å². The van der Waals surface area contributed by atoms with Crippen LogP contribution in [0.15, 0.2) is 0 Å². The second-order valence-corrected chi connectivity index (χ2v) is 6.20. The van der Waals surface area contributed by atoms with Crippen molar-refractivity contribution < 1.29 is 19.4 Å². The highest BCUT2D eigenvalue weighted by Gasteiger charge is 2.63. The first kappa shape index (κ1) is 12.2. The monoisotopic (exact) mass is 241 g/mol. The smallest absolute Gasteiger partial charge is 0.411 e. The number of ether oxygens (including phenoxy) is 1. The van der Waals surface area contributed by atoms with Gasteiger partial charge in [0.2, 0.25) is 0 Å². The Morgan fingerprint density at radius 3 is 2.47 bits per heavy atom. The predicted molar refractivity (Wildman–Crippen MR) is 60.6 cm³/mol. The third kappa shape index (κ3) is 1.98. The fourth-order valence-electron chi connectivity index (χ4n) is 2.58. The normalized spacial score (nSPS) is 35.4. The van der Waals surface area contributed by atoms with Crippen molar-refractivity contribution in [3.05, 3.63) is 0 Å². The van der Waals surface area contributed by atoms with Crippen molar-refractivity contribution in [3.63, 3.8) is 0 Å². The van der Waals surface area contributed by atoms with Crippen LogP contribution in [0.4, 0.5) is 4.79 Å². The molecule has 2 fully saturated rings. The van der Waals surface area contributed by atoms with Crippen LogP contribution in [0.5, 0.6) is 0 Å². The molecule has 0 aromatic heterocycles. The molecule has 2 aliphatic rings. The number of aliphatic carboxylic acids is 1. The fourth-order valence-corrected chi connectivity index (χ4v) is 2.58. The Kier molecular flexibility index (Phi) is 2.42. The molecule has 0 radical (unpaired) electrons. The van der Waals surface area contributed by atoms with Crippen LogP contribution in [0.2, 0.25) is 0 Å². The molecule has 5 heteroatoms. The molecule has 1 saturated heterocycles. The Bertz CT molecular complexity index is 373. The number of carbonyl (C=O) groups excluding carboxylic acids is 1. The molecule has 1 saturated carbocycles. The number of carboxylic acids is 1. The van der Waals surface area contributed by atoms with Crippen LogP contribution in [0.25, 0.3) is 0 Å². The van der Waals surface area contributed by atoms with Gasteiger partial charge in [-0.15, -0.1) is 0 Å². The van der Waals surface area contributed by atoms with Crippen LogP contribution < -0.4 is 0 Å². The number of hydrogen-bond donors (Lipinski definition) is 1. The molecule has 1 N–H and O–H groups in total. The zero-order valence-electron chi connectivity index (χ0n) is 10.7. The lowest BCUT2D eigenvalue weighted by Crippen LogP contribution is -2.54. The van der Waals surface area contributed by atoms with Crippen molar-refractivity contribution in [1.29, 1.82) is 0 Å². The molecule has 17 heavy (non-hydrogen) atoms. The fraction of sp³-hybridized carbons (Fsp3) is 0.833. The van der Waals surface area contributed by atoms with Crippen molar-refractivity contribution in [2.75, 3.05) is 0 Å². The molecule has 0 bridgehead atoms. The van der Waals surface area contributed by atoms with Crippen LogP contribution in [0.3, 0.4) is 0 Å². The Balaban J connectivity index is 2.18. The number of carbonyl (C=O) groups is 2. The van der Waals surface area contributed by atoms with Gasteiger partial charge in [0.25, 0.3) is 0 Å². The molecular formula is C12H19NO4. The lowest BCUT2D eigenvalue weighted by molar-refractivity contribution is -0.149. The van der Waals surface area contributed by atoms with E-state index in [9.17, 15) is 14.7 Å². The van der Waals surface area contributed by atoms with Crippen molar-refractivity contribution >= 4 is 12.1 Å². The van der Waals surface area contributed by atoms with E-state index in [0.717, 1.165) is 6.42 Å². The molecule has 1 heterocycles. The first-order valence-electron chi connectivity index (χ1n) is 5.91. The largest absolute Gasteiger partial charge is 0.480 e. The highest BCUT2D eigenvalue weighted by atomic mass is 16.6. The summed E-state index contributed by atoms with van der Waals surface area (Å²) in [5.74, 6) is -0.612. The van der Waals surface area contributed by atoms with E-state index in [4.69, 9.17) is 4.74 Å². The summed E-state index contributed by atoms with van der Waals surface area (Å²) in [5, 5.41) is 9.28. The van der Waals surface area contributed by atoms with Crippen LogP contribution in [-0.4, -0.2) is 39.3 Å². The quantitative estimate of drug-likeness (QED) is 0.761. The molecular weight excluding hydrogens is 222 g/mol. The van der Waals surface area contributed by atoms with Crippen LogP contribution >= 0.6 is 0 Å². The lowest BCUT2D eigenvalue weighted by Gasteiger charge is -2.35. The van der Waals surface area contributed by atoms with Crippen LogP contribution in [0, 0.1) is 5.92 Å². The van der Waals surface area contributed by atoms with Gasteiger partial charge >= 0.3 is 12.1 Å². The minimum Gasteiger partial charge on any atom is -0.480 e. The first-order valence-corrected chi connectivity index (χ1v) is 5.91. The number of piperidine rings is 1. The van der Waals surface area contributed by atoms with Gasteiger partial charge in [0, 0.05) is 6.04 Å². The molecule has 5 nitrogen and oxygen atoms in total. The summed E-state index contributed by atoms with van der Waals surface area (Å²) in [6.07, 6.45) is 0.932. The molecule has 0 spiro atoms. The van der Waals surface area contributed by atoms with E-state index < -0.39 is 23.2 Å².